The van der Waals surface area contributed by atoms with E-state index in [0.717, 1.165) is 28.3 Å². The summed E-state index contributed by atoms with van der Waals surface area (Å²) in [5.74, 6) is 1.26. The van der Waals surface area contributed by atoms with Gasteiger partial charge in [0, 0.05) is 15.8 Å². The number of aromatic nitrogens is 2. The molecule has 1 atom stereocenters. The van der Waals surface area contributed by atoms with E-state index in [-0.39, 0.29) is 5.78 Å². The minimum absolute atomic E-state index is 0.143. The topological polar surface area (TPSA) is 42.9 Å². The maximum Gasteiger partial charge on any atom is 0.173 e. The van der Waals surface area contributed by atoms with Gasteiger partial charge < -0.3 is 0 Å². The average Bonchev–Trinajstić information content (AvgIpc) is 3.04. The molecule has 2 heterocycles. The fourth-order valence-electron chi connectivity index (χ4n) is 3.77. The van der Waals surface area contributed by atoms with Gasteiger partial charge in [0.2, 0.25) is 0 Å². The first kappa shape index (κ1) is 18.6. The molecule has 1 aliphatic carbocycles. The van der Waals surface area contributed by atoms with Crippen LogP contribution in [0.5, 0.6) is 0 Å². The molecule has 5 heteroatoms. The monoisotopic (exact) mass is 396 g/mol. The summed E-state index contributed by atoms with van der Waals surface area (Å²) in [7, 11) is 0. The number of carbonyl (C=O) groups is 1. The van der Waals surface area contributed by atoms with Gasteiger partial charge in [0.05, 0.1) is 5.75 Å². The second-order valence-electron chi connectivity index (χ2n) is 8.25. The minimum Gasteiger partial charge on any atom is -0.293 e. The summed E-state index contributed by atoms with van der Waals surface area (Å²) in [5, 5.41) is 2.15. The molecule has 1 aromatic carbocycles. The second kappa shape index (κ2) is 7.36. The highest BCUT2D eigenvalue weighted by Gasteiger charge is 2.31. The zero-order valence-electron chi connectivity index (χ0n) is 16.0. The molecule has 3 nitrogen and oxygen atoms in total. The summed E-state index contributed by atoms with van der Waals surface area (Å²) in [6.07, 6.45) is 5.07. The van der Waals surface area contributed by atoms with Crippen molar-refractivity contribution in [2.45, 2.75) is 45.1 Å². The number of nitrogens with zero attached hydrogens (tertiary/aromatic N) is 2. The molecular weight excluding hydrogens is 372 g/mol. The van der Waals surface area contributed by atoms with Gasteiger partial charge >= 0.3 is 0 Å². The zero-order chi connectivity index (χ0) is 19.0. The van der Waals surface area contributed by atoms with Crippen molar-refractivity contribution >= 4 is 39.1 Å². The van der Waals surface area contributed by atoms with Gasteiger partial charge in [-0.2, -0.15) is 0 Å². The number of Topliss-reactive ketones (excluding diaryl/α,β-unsaturated/α-hetero) is 1. The number of carbonyl (C=O) groups excluding carboxylic acids is 1. The molecule has 0 saturated carbocycles. The van der Waals surface area contributed by atoms with Crippen LogP contribution < -0.4 is 0 Å². The third-order valence-corrected chi connectivity index (χ3v) is 7.62. The van der Waals surface area contributed by atoms with Crippen molar-refractivity contribution in [3.05, 3.63) is 52.7 Å². The molecule has 0 spiro atoms. The van der Waals surface area contributed by atoms with E-state index in [2.05, 4.69) is 30.7 Å². The van der Waals surface area contributed by atoms with Crippen LogP contribution in [0.3, 0.4) is 0 Å². The van der Waals surface area contributed by atoms with Crippen LogP contribution in [-0.2, 0) is 12.8 Å². The molecule has 0 N–H and O–H groups in total. The Labute approximate surface area is 168 Å². The van der Waals surface area contributed by atoms with E-state index in [4.69, 9.17) is 0 Å². The number of benzene rings is 1. The molecule has 4 rings (SSSR count). The van der Waals surface area contributed by atoms with Gasteiger partial charge in [0.25, 0.3) is 0 Å². The van der Waals surface area contributed by atoms with Crippen LogP contribution in [0.2, 0.25) is 0 Å². The Kier molecular flexibility index (Phi) is 5.08. The van der Waals surface area contributed by atoms with Crippen molar-refractivity contribution in [2.75, 3.05) is 5.75 Å². The van der Waals surface area contributed by atoms with E-state index in [1.165, 1.54) is 22.2 Å². The number of rotatable bonds is 4. The molecule has 0 saturated heterocycles. The molecule has 0 bridgehead atoms. The van der Waals surface area contributed by atoms with Crippen molar-refractivity contribution in [1.82, 2.24) is 9.97 Å². The first-order chi connectivity index (χ1) is 12.9. The SMILES string of the molecule is CC(C)(C)[C@@H]1CCc2c(sc3ncnc(SCC(=O)c4ccccc4)c23)C1. The van der Waals surface area contributed by atoms with Crippen LogP contribution in [0.15, 0.2) is 41.7 Å². The number of hydrogen-bond donors (Lipinski definition) is 0. The Balaban J connectivity index is 1.60. The standard InChI is InChI=1S/C22H24N2OS2/c1-22(2,3)15-9-10-16-18(11-15)27-21-19(16)20(23-13-24-21)26-12-17(25)14-7-5-4-6-8-14/h4-8,13,15H,9-12H2,1-3H3/t15-/m1/s1. The van der Waals surface area contributed by atoms with Gasteiger partial charge in [0.15, 0.2) is 5.78 Å². The normalized spacial score (nSPS) is 17.1. The fourth-order valence-corrected chi connectivity index (χ4v) is 6.02. The van der Waals surface area contributed by atoms with Gasteiger partial charge in [0.1, 0.15) is 16.2 Å². The van der Waals surface area contributed by atoms with E-state index < -0.39 is 0 Å². The van der Waals surface area contributed by atoms with Crippen molar-refractivity contribution in [2.24, 2.45) is 11.3 Å². The van der Waals surface area contributed by atoms with Crippen molar-refractivity contribution in [3.8, 4) is 0 Å². The molecule has 0 fully saturated rings. The van der Waals surface area contributed by atoms with Crippen LogP contribution >= 0.6 is 23.1 Å². The predicted molar refractivity (Wildman–Crippen MR) is 114 cm³/mol. The number of thioether (sulfide) groups is 1. The third-order valence-electron chi connectivity index (χ3n) is 5.47. The van der Waals surface area contributed by atoms with Gasteiger partial charge in [-0.05, 0) is 36.2 Å². The lowest BCUT2D eigenvalue weighted by Crippen LogP contribution is -2.26. The predicted octanol–water partition coefficient (Wildman–Crippen LogP) is 5.82. The molecule has 2 aromatic heterocycles. The highest BCUT2D eigenvalue weighted by molar-refractivity contribution is 8.00. The van der Waals surface area contributed by atoms with Gasteiger partial charge in [-0.3, -0.25) is 4.79 Å². The lowest BCUT2D eigenvalue weighted by atomic mass is 9.72. The van der Waals surface area contributed by atoms with Crippen molar-refractivity contribution in [1.29, 1.82) is 0 Å². The van der Waals surface area contributed by atoms with Crippen LogP contribution in [0.1, 0.15) is 48.0 Å². The van der Waals surface area contributed by atoms with Crippen molar-refractivity contribution < 1.29 is 4.79 Å². The van der Waals surface area contributed by atoms with Gasteiger partial charge in [-0.15, -0.1) is 11.3 Å². The molecule has 0 amide bonds. The summed E-state index contributed by atoms with van der Waals surface area (Å²) in [5.41, 5.74) is 2.51. The molecule has 1 aliphatic rings. The first-order valence-electron chi connectivity index (χ1n) is 9.40. The molecule has 0 aliphatic heterocycles. The number of thiophene rings is 1. The minimum atomic E-state index is 0.143. The van der Waals surface area contributed by atoms with E-state index in [1.807, 2.05) is 41.7 Å². The third kappa shape index (κ3) is 3.81. The van der Waals surface area contributed by atoms with E-state index >= 15 is 0 Å². The Morgan fingerprint density at radius 1 is 1.22 bits per heavy atom. The van der Waals surface area contributed by atoms with Crippen LogP contribution in [0.4, 0.5) is 0 Å². The van der Waals surface area contributed by atoms with E-state index in [9.17, 15) is 4.79 Å². The lowest BCUT2D eigenvalue weighted by molar-refractivity contribution is 0.102. The van der Waals surface area contributed by atoms with Gasteiger partial charge in [-0.1, -0.05) is 62.9 Å². The first-order valence-corrected chi connectivity index (χ1v) is 11.2. The smallest absolute Gasteiger partial charge is 0.173 e. The number of ketones is 1. The molecule has 140 valence electrons. The zero-order valence-corrected chi connectivity index (χ0v) is 17.6. The maximum absolute atomic E-state index is 12.5. The Morgan fingerprint density at radius 3 is 2.74 bits per heavy atom. The van der Waals surface area contributed by atoms with E-state index in [0.29, 0.717) is 17.1 Å². The van der Waals surface area contributed by atoms with E-state index in [1.54, 1.807) is 18.1 Å². The molecule has 3 aromatic rings. The summed E-state index contributed by atoms with van der Waals surface area (Å²) in [6, 6.07) is 9.48. The second-order valence-corrected chi connectivity index (χ2v) is 10.3. The van der Waals surface area contributed by atoms with Crippen LogP contribution in [0.25, 0.3) is 10.2 Å². The molecule has 0 unspecified atom stereocenters. The summed E-state index contributed by atoms with van der Waals surface area (Å²) in [6.45, 7) is 7.02. The summed E-state index contributed by atoms with van der Waals surface area (Å²) < 4.78 is 0. The number of hydrogen-bond acceptors (Lipinski definition) is 5. The van der Waals surface area contributed by atoms with Crippen molar-refractivity contribution in [3.63, 3.8) is 0 Å². The number of fused-ring (bicyclic) bond motifs is 3. The average molecular weight is 397 g/mol. The highest BCUT2D eigenvalue weighted by Crippen LogP contribution is 2.44. The van der Waals surface area contributed by atoms with Crippen LogP contribution in [-0.4, -0.2) is 21.5 Å². The fraction of sp³-hybridized carbons (Fsp3) is 0.409. The summed E-state index contributed by atoms with van der Waals surface area (Å²) >= 11 is 3.36. The molecule has 27 heavy (non-hydrogen) atoms. The lowest BCUT2D eigenvalue weighted by Gasteiger charge is -2.33. The van der Waals surface area contributed by atoms with Crippen LogP contribution in [0, 0.1) is 11.3 Å². The maximum atomic E-state index is 12.5. The Hall–Kier alpha value is -1.72. The summed E-state index contributed by atoms with van der Waals surface area (Å²) in [4.78, 5) is 24.1. The van der Waals surface area contributed by atoms with Gasteiger partial charge in [-0.25, -0.2) is 9.97 Å². The quantitative estimate of drug-likeness (QED) is 0.317. The Morgan fingerprint density at radius 2 is 2.00 bits per heavy atom. The number of aryl methyl sites for hydroxylation is 1. The largest absolute Gasteiger partial charge is 0.293 e. The highest BCUT2D eigenvalue weighted by atomic mass is 32.2. The molecule has 0 radical (unpaired) electrons. The Bertz CT molecular complexity index is 973. The molecular formula is C22H24N2OS2.